The van der Waals surface area contributed by atoms with Crippen LogP contribution in [0.5, 0.6) is 5.75 Å². The van der Waals surface area contributed by atoms with Gasteiger partial charge in [0.25, 0.3) is 5.91 Å². The molecule has 5 nitrogen and oxygen atoms in total. The molecule has 0 aliphatic carbocycles. The van der Waals surface area contributed by atoms with E-state index in [1.807, 2.05) is 18.2 Å². The summed E-state index contributed by atoms with van der Waals surface area (Å²) in [6.45, 7) is 3.93. The maximum absolute atomic E-state index is 12.2. The fourth-order valence-corrected chi connectivity index (χ4v) is 2.19. The molecule has 0 aromatic heterocycles. The van der Waals surface area contributed by atoms with Gasteiger partial charge in [0, 0.05) is 0 Å². The van der Waals surface area contributed by atoms with E-state index in [1.165, 1.54) is 4.90 Å². The summed E-state index contributed by atoms with van der Waals surface area (Å²) < 4.78 is 5.57. The molecule has 100 valence electrons. The lowest BCUT2D eigenvalue weighted by molar-refractivity contribution is -0.125. The highest BCUT2D eigenvalue weighted by atomic mass is 16.5. The maximum atomic E-state index is 12.2. The second-order valence-electron chi connectivity index (χ2n) is 4.61. The Hall–Kier alpha value is -2.06. The monoisotopic (exact) mass is 259 g/mol. The Bertz CT molecular complexity index is 536. The van der Waals surface area contributed by atoms with Gasteiger partial charge in [0.15, 0.2) is 6.10 Å². The number of benzene rings is 1. The molecule has 2 rings (SSSR count). The molecule has 19 heavy (non-hydrogen) atoms. The summed E-state index contributed by atoms with van der Waals surface area (Å²) in [5.41, 5.74) is 7.23. The predicted octanol–water partition coefficient (Wildman–Crippen LogP) is 1.21. The third-order valence-electron chi connectivity index (χ3n) is 3.18. The molecular weight excluding hydrogens is 242 g/mol. The van der Waals surface area contributed by atoms with Gasteiger partial charge in [-0.3, -0.25) is 9.69 Å². The van der Waals surface area contributed by atoms with Crippen LogP contribution >= 0.6 is 0 Å². The van der Waals surface area contributed by atoms with Crippen molar-refractivity contribution in [3.8, 4) is 11.8 Å². The predicted molar refractivity (Wildman–Crippen MR) is 71.9 cm³/mol. The molecule has 1 aliphatic heterocycles. The molecule has 1 aromatic carbocycles. The van der Waals surface area contributed by atoms with Gasteiger partial charge >= 0.3 is 0 Å². The minimum atomic E-state index is -0.566. The standard InChI is InChI=1S/C14H17N3O2/c1-9(8-16)17-12-7-11(5-6-15)3-4-13(12)19-10(2)14(17)18/h3-4,7,9-10H,5-6,15H2,1-2H3. The number of nitriles is 1. The third kappa shape index (κ3) is 2.40. The largest absolute Gasteiger partial charge is 0.479 e. The van der Waals surface area contributed by atoms with Crippen LogP contribution in [0.15, 0.2) is 18.2 Å². The van der Waals surface area contributed by atoms with Crippen LogP contribution in [0.4, 0.5) is 5.69 Å². The Labute approximate surface area is 112 Å². The molecule has 0 bridgehead atoms. The number of fused-ring (bicyclic) bond motifs is 1. The van der Waals surface area contributed by atoms with Gasteiger partial charge in [-0.1, -0.05) is 6.07 Å². The molecule has 2 unspecified atom stereocenters. The molecule has 0 spiro atoms. The Morgan fingerprint density at radius 3 is 2.95 bits per heavy atom. The number of nitrogens with two attached hydrogens (primary N) is 1. The number of rotatable bonds is 3. The van der Waals surface area contributed by atoms with E-state index in [-0.39, 0.29) is 5.91 Å². The van der Waals surface area contributed by atoms with Crippen molar-refractivity contribution in [1.29, 1.82) is 5.26 Å². The molecule has 1 aliphatic rings. The van der Waals surface area contributed by atoms with Crippen LogP contribution in [-0.2, 0) is 11.2 Å². The average molecular weight is 259 g/mol. The van der Waals surface area contributed by atoms with E-state index in [9.17, 15) is 4.79 Å². The normalized spacial score (nSPS) is 19.4. The zero-order chi connectivity index (χ0) is 14.0. The number of amides is 1. The number of carbonyl (C=O) groups is 1. The fraction of sp³-hybridized carbons (Fsp3) is 0.429. The van der Waals surface area contributed by atoms with Crippen LogP contribution in [0.2, 0.25) is 0 Å². The van der Waals surface area contributed by atoms with Gasteiger partial charge in [0.1, 0.15) is 11.8 Å². The van der Waals surface area contributed by atoms with Crippen molar-refractivity contribution in [2.24, 2.45) is 5.73 Å². The van der Waals surface area contributed by atoms with Crippen molar-refractivity contribution in [3.63, 3.8) is 0 Å². The smallest absolute Gasteiger partial charge is 0.268 e. The third-order valence-corrected chi connectivity index (χ3v) is 3.18. The fourth-order valence-electron chi connectivity index (χ4n) is 2.19. The molecule has 1 heterocycles. The number of ether oxygens (including phenoxy) is 1. The quantitative estimate of drug-likeness (QED) is 0.885. The van der Waals surface area contributed by atoms with Gasteiger partial charge in [0.2, 0.25) is 0 Å². The van der Waals surface area contributed by atoms with Crippen molar-refractivity contribution in [2.75, 3.05) is 11.4 Å². The van der Waals surface area contributed by atoms with Gasteiger partial charge in [0.05, 0.1) is 11.8 Å². The number of hydrogen-bond donors (Lipinski definition) is 1. The first-order valence-electron chi connectivity index (χ1n) is 6.30. The molecule has 2 atom stereocenters. The molecule has 0 saturated carbocycles. The van der Waals surface area contributed by atoms with Crippen LogP contribution in [0, 0.1) is 11.3 Å². The summed E-state index contributed by atoms with van der Waals surface area (Å²) in [6.07, 6.45) is 0.162. The SMILES string of the molecule is CC1Oc2ccc(CCN)cc2N(C(C)C#N)C1=O. The Morgan fingerprint density at radius 2 is 2.32 bits per heavy atom. The second kappa shape index (κ2) is 5.29. The lowest BCUT2D eigenvalue weighted by Gasteiger charge is -2.34. The zero-order valence-corrected chi connectivity index (χ0v) is 11.1. The van der Waals surface area contributed by atoms with Crippen molar-refractivity contribution < 1.29 is 9.53 Å². The summed E-state index contributed by atoms with van der Waals surface area (Å²) in [5.74, 6) is 0.446. The lowest BCUT2D eigenvalue weighted by Crippen LogP contribution is -2.48. The average Bonchev–Trinajstić information content (AvgIpc) is 2.40. The summed E-state index contributed by atoms with van der Waals surface area (Å²) in [7, 11) is 0. The van der Waals surface area contributed by atoms with Gasteiger partial charge in [-0.05, 0) is 44.5 Å². The summed E-state index contributed by atoms with van der Waals surface area (Å²) in [4.78, 5) is 13.7. The molecule has 0 saturated heterocycles. The van der Waals surface area contributed by atoms with Crippen molar-refractivity contribution in [3.05, 3.63) is 23.8 Å². The van der Waals surface area contributed by atoms with E-state index in [1.54, 1.807) is 13.8 Å². The Kier molecular flexibility index (Phi) is 3.72. The second-order valence-corrected chi connectivity index (χ2v) is 4.61. The van der Waals surface area contributed by atoms with Gasteiger partial charge in [-0.2, -0.15) is 5.26 Å². The maximum Gasteiger partial charge on any atom is 0.268 e. The topological polar surface area (TPSA) is 79.3 Å². The first kappa shape index (κ1) is 13.4. The molecule has 1 aromatic rings. The van der Waals surface area contributed by atoms with Gasteiger partial charge in [-0.15, -0.1) is 0 Å². The van der Waals surface area contributed by atoms with E-state index in [4.69, 9.17) is 15.7 Å². The van der Waals surface area contributed by atoms with Crippen molar-refractivity contribution in [1.82, 2.24) is 0 Å². The number of hydrogen-bond acceptors (Lipinski definition) is 4. The van der Waals surface area contributed by atoms with E-state index in [2.05, 4.69) is 6.07 Å². The minimum Gasteiger partial charge on any atom is -0.479 e. The summed E-state index contributed by atoms with van der Waals surface area (Å²) in [5, 5.41) is 9.08. The molecule has 5 heteroatoms. The molecule has 0 radical (unpaired) electrons. The Morgan fingerprint density at radius 1 is 1.58 bits per heavy atom. The number of carbonyl (C=O) groups excluding carboxylic acids is 1. The van der Waals surface area contributed by atoms with Gasteiger partial charge in [-0.25, -0.2) is 0 Å². The highest BCUT2D eigenvalue weighted by Gasteiger charge is 2.34. The number of anilines is 1. The van der Waals surface area contributed by atoms with Crippen LogP contribution in [-0.4, -0.2) is 24.6 Å². The van der Waals surface area contributed by atoms with E-state index < -0.39 is 12.1 Å². The van der Waals surface area contributed by atoms with Crippen LogP contribution in [0.25, 0.3) is 0 Å². The summed E-state index contributed by atoms with van der Waals surface area (Å²) >= 11 is 0. The van der Waals surface area contributed by atoms with Crippen LogP contribution in [0.3, 0.4) is 0 Å². The summed E-state index contributed by atoms with van der Waals surface area (Å²) in [6, 6.07) is 7.22. The first-order valence-corrected chi connectivity index (χ1v) is 6.30. The number of nitrogens with zero attached hydrogens (tertiary/aromatic N) is 2. The molecular formula is C14H17N3O2. The van der Waals surface area contributed by atoms with Crippen LogP contribution in [0.1, 0.15) is 19.4 Å². The van der Waals surface area contributed by atoms with Crippen molar-refractivity contribution >= 4 is 11.6 Å². The highest BCUT2D eigenvalue weighted by Crippen LogP contribution is 2.36. The Balaban J connectivity index is 2.48. The molecule has 2 N–H and O–H groups in total. The van der Waals surface area contributed by atoms with Crippen molar-refractivity contribution in [2.45, 2.75) is 32.4 Å². The molecule has 1 amide bonds. The lowest BCUT2D eigenvalue weighted by atomic mass is 10.1. The highest BCUT2D eigenvalue weighted by molar-refractivity contribution is 6.00. The van der Waals surface area contributed by atoms with Gasteiger partial charge < -0.3 is 10.5 Å². The first-order chi connectivity index (χ1) is 9.08. The van der Waals surface area contributed by atoms with E-state index in [0.29, 0.717) is 18.0 Å². The minimum absolute atomic E-state index is 0.188. The molecule has 0 fully saturated rings. The van der Waals surface area contributed by atoms with E-state index in [0.717, 1.165) is 12.0 Å². The van der Waals surface area contributed by atoms with Crippen LogP contribution < -0.4 is 15.4 Å². The van der Waals surface area contributed by atoms with E-state index >= 15 is 0 Å². The zero-order valence-electron chi connectivity index (χ0n) is 11.1.